The fourth-order valence-corrected chi connectivity index (χ4v) is 5.58. The van der Waals surface area contributed by atoms with E-state index < -0.39 is 53.4 Å². The third-order valence-corrected chi connectivity index (χ3v) is 6.96. The molecule has 9 nitrogen and oxygen atoms in total. The maximum atomic E-state index is 14.0. The average molecular weight is 444 g/mol. The summed E-state index contributed by atoms with van der Waals surface area (Å²) in [5, 5.41) is 19.6. The molecule has 4 rings (SSSR count). The van der Waals surface area contributed by atoms with Gasteiger partial charge in [0.25, 0.3) is 5.91 Å². The number of hydrogen-bond acceptors (Lipinski definition) is 6. The molecular weight excluding hydrogens is 416 g/mol. The number of carbonyl (C=O) groups excluding carboxylic acids is 2. The second-order valence-electron chi connectivity index (χ2n) is 8.61. The SMILES string of the molecule is C=CCN(C(=O)[C@@H]1N([C@H](C)CO)C(=O)[C@H]2[C@H](C(=O)O)[C@@H]3CC[C@]12O3)c1ccc(OC)cc1. The molecule has 0 aromatic heterocycles. The lowest BCUT2D eigenvalue weighted by atomic mass is 9.70. The molecular formula is C23H28N2O7. The van der Waals surface area contributed by atoms with E-state index in [1.54, 1.807) is 44.4 Å². The van der Waals surface area contributed by atoms with Gasteiger partial charge in [-0.15, -0.1) is 6.58 Å². The maximum Gasteiger partial charge on any atom is 0.310 e. The first kappa shape index (κ1) is 22.3. The molecule has 3 fully saturated rings. The van der Waals surface area contributed by atoms with Crippen LogP contribution < -0.4 is 9.64 Å². The Morgan fingerprint density at radius 3 is 2.66 bits per heavy atom. The van der Waals surface area contributed by atoms with Gasteiger partial charge in [0.05, 0.1) is 37.7 Å². The summed E-state index contributed by atoms with van der Waals surface area (Å²) in [6.07, 6.45) is 1.86. The number of methoxy groups -OCH3 is 1. The lowest BCUT2D eigenvalue weighted by Gasteiger charge is -2.38. The number of hydrogen-bond donors (Lipinski definition) is 2. The van der Waals surface area contributed by atoms with E-state index in [9.17, 15) is 24.6 Å². The predicted molar refractivity (Wildman–Crippen MR) is 114 cm³/mol. The predicted octanol–water partition coefficient (Wildman–Crippen LogP) is 1.05. The number of rotatable bonds is 8. The van der Waals surface area contributed by atoms with Gasteiger partial charge in [0.15, 0.2) is 0 Å². The highest BCUT2D eigenvalue weighted by Gasteiger charge is 2.75. The second kappa shape index (κ2) is 8.22. The summed E-state index contributed by atoms with van der Waals surface area (Å²) in [5.74, 6) is -3.27. The van der Waals surface area contributed by atoms with Crippen LogP contribution in [0.5, 0.6) is 5.75 Å². The normalized spacial score (nSPS) is 31.3. The molecule has 3 aliphatic heterocycles. The Kier molecular flexibility index (Phi) is 5.72. The molecule has 9 heteroatoms. The molecule has 3 heterocycles. The van der Waals surface area contributed by atoms with Gasteiger partial charge in [0.2, 0.25) is 5.91 Å². The molecule has 2 bridgehead atoms. The van der Waals surface area contributed by atoms with Crippen LogP contribution in [-0.4, -0.2) is 76.9 Å². The molecule has 1 aromatic carbocycles. The maximum absolute atomic E-state index is 14.0. The van der Waals surface area contributed by atoms with Gasteiger partial charge < -0.3 is 29.5 Å². The van der Waals surface area contributed by atoms with Crippen molar-refractivity contribution in [2.24, 2.45) is 11.8 Å². The fraction of sp³-hybridized carbons (Fsp3) is 0.522. The summed E-state index contributed by atoms with van der Waals surface area (Å²) in [7, 11) is 1.55. The lowest BCUT2D eigenvalue weighted by Crippen LogP contribution is -2.58. The Morgan fingerprint density at radius 1 is 1.41 bits per heavy atom. The summed E-state index contributed by atoms with van der Waals surface area (Å²) in [5.41, 5.74) is -0.640. The van der Waals surface area contributed by atoms with Crippen LogP contribution >= 0.6 is 0 Å². The third-order valence-electron chi connectivity index (χ3n) is 6.96. The van der Waals surface area contributed by atoms with Crippen molar-refractivity contribution < 1.29 is 34.1 Å². The van der Waals surface area contributed by atoms with Crippen LogP contribution in [0.2, 0.25) is 0 Å². The third kappa shape index (κ3) is 3.10. The van der Waals surface area contributed by atoms with Crippen LogP contribution in [0.1, 0.15) is 19.8 Å². The topological polar surface area (TPSA) is 117 Å². The van der Waals surface area contributed by atoms with Crippen LogP contribution in [0.25, 0.3) is 0 Å². The minimum atomic E-state index is -1.22. The standard InChI is InChI=1S/C23H28N2O7/c1-4-11-24(14-5-7-15(31-3)8-6-14)21(28)19-23-10-9-16(32-23)17(22(29)30)18(23)20(27)25(19)13(2)12-26/h4-8,13,16-19,26H,1,9-12H2,2-3H3,(H,29,30)/t13-,16+,17-,18-,19+,23-/m1/s1. The number of carboxylic acids is 1. The van der Waals surface area contributed by atoms with Gasteiger partial charge in [-0.2, -0.15) is 0 Å². The molecule has 0 saturated carbocycles. The van der Waals surface area contributed by atoms with E-state index in [-0.39, 0.29) is 13.2 Å². The molecule has 3 aliphatic rings. The molecule has 0 unspecified atom stereocenters. The van der Waals surface area contributed by atoms with Crippen LogP contribution in [0.3, 0.4) is 0 Å². The van der Waals surface area contributed by atoms with Crippen molar-refractivity contribution in [2.75, 3.05) is 25.2 Å². The van der Waals surface area contributed by atoms with Gasteiger partial charge in [0.1, 0.15) is 17.4 Å². The first-order chi connectivity index (χ1) is 15.3. The molecule has 1 spiro atoms. The van der Waals surface area contributed by atoms with E-state index >= 15 is 0 Å². The molecule has 6 atom stereocenters. The molecule has 0 aliphatic carbocycles. The Bertz CT molecular complexity index is 933. The minimum absolute atomic E-state index is 0.184. The summed E-state index contributed by atoms with van der Waals surface area (Å²) in [6.45, 7) is 5.22. The van der Waals surface area contributed by atoms with Crippen molar-refractivity contribution >= 4 is 23.5 Å². The number of aliphatic hydroxyl groups is 1. The number of carbonyl (C=O) groups is 3. The highest BCUT2D eigenvalue weighted by atomic mass is 16.5. The van der Waals surface area contributed by atoms with E-state index in [4.69, 9.17) is 9.47 Å². The number of amides is 2. The van der Waals surface area contributed by atoms with E-state index in [1.165, 1.54) is 9.80 Å². The lowest BCUT2D eigenvalue weighted by molar-refractivity contribution is -0.150. The second-order valence-corrected chi connectivity index (χ2v) is 8.61. The molecule has 2 N–H and O–H groups in total. The first-order valence-corrected chi connectivity index (χ1v) is 10.7. The summed E-state index contributed by atoms with van der Waals surface area (Å²) in [6, 6.07) is 5.21. The van der Waals surface area contributed by atoms with Crippen LogP contribution in [-0.2, 0) is 19.1 Å². The van der Waals surface area contributed by atoms with Crippen LogP contribution in [0.15, 0.2) is 36.9 Å². The Balaban J connectivity index is 1.78. The van der Waals surface area contributed by atoms with E-state index in [0.29, 0.717) is 24.3 Å². The van der Waals surface area contributed by atoms with Gasteiger partial charge in [-0.25, -0.2) is 0 Å². The highest BCUT2D eigenvalue weighted by molar-refractivity contribution is 6.04. The van der Waals surface area contributed by atoms with Crippen molar-refractivity contribution in [3.63, 3.8) is 0 Å². The van der Waals surface area contributed by atoms with E-state index in [2.05, 4.69) is 6.58 Å². The van der Waals surface area contributed by atoms with Crippen molar-refractivity contribution in [1.82, 2.24) is 4.90 Å². The number of nitrogens with zero attached hydrogens (tertiary/aromatic N) is 2. The zero-order chi connectivity index (χ0) is 23.2. The minimum Gasteiger partial charge on any atom is -0.497 e. The number of carboxylic acid groups (broad SMARTS) is 1. The van der Waals surface area contributed by atoms with Crippen molar-refractivity contribution in [3.8, 4) is 5.75 Å². The van der Waals surface area contributed by atoms with E-state index in [1.807, 2.05) is 0 Å². The Labute approximate surface area is 186 Å². The zero-order valence-corrected chi connectivity index (χ0v) is 18.1. The van der Waals surface area contributed by atoms with Crippen molar-refractivity contribution in [2.45, 2.75) is 43.6 Å². The van der Waals surface area contributed by atoms with Crippen LogP contribution in [0.4, 0.5) is 5.69 Å². The molecule has 0 radical (unpaired) electrons. The highest BCUT2D eigenvalue weighted by Crippen LogP contribution is 2.59. The monoisotopic (exact) mass is 444 g/mol. The quantitative estimate of drug-likeness (QED) is 0.576. The molecule has 32 heavy (non-hydrogen) atoms. The molecule has 172 valence electrons. The number of aliphatic carboxylic acids is 1. The zero-order valence-electron chi connectivity index (χ0n) is 18.1. The van der Waals surface area contributed by atoms with Gasteiger partial charge in [-0.1, -0.05) is 6.08 Å². The summed E-state index contributed by atoms with van der Waals surface area (Å²) >= 11 is 0. The average Bonchev–Trinajstić information content (AvgIpc) is 3.44. The number of benzene rings is 1. The van der Waals surface area contributed by atoms with Gasteiger partial charge in [0, 0.05) is 12.2 Å². The van der Waals surface area contributed by atoms with Gasteiger partial charge in [-0.3, -0.25) is 14.4 Å². The van der Waals surface area contributed by atoms with Crippen molar-refractivity contribution in [1.29, 1.82) is 0 Å². The first-order valence-electron chi connectivity index (χ1n) is 10.7. The van der Waals surface area contributed by atoms with Gasteiger partial charge >= 0.3 is 5.97 Å². The molecule has 1 aromatic rings. The molecule has 2 amide bonds. The smallest absolute Gasteiger partial charge is 0.310 e. The number of ether oxygens (including phenoxy) is 2. The number of fused-ring (bicyclic) bond motifs is 1. The Hall–Kier alpha value is -2.91. The largest absolute Gasteiger partial charge is 0.497 e. The summed E-state index contributed by atoms with van der Waals surface area (Å²) < 4.78 is 11.4. The van der Waals surface area contributed by atoms with Crippen LogP contribution in [0, 0.1) is 11.8 Å². The van der Waals surface area contributed by atoms with Gasteiger partial charge in [-0.05, 0) is 44.0 Å². The van der Waals surface area contributed by atoms with Crippen molar-refractivity contribution in [3.05, 3.63) is 36.9 Å². The number of likely N-dealkylation sites (tertiary alicyclic amines) is 1. The summed E-state index contributed by atoms with van der Waals surface area (Å²) in [4.78, 5) is 42.3. The molecule has 3 saturated heterocycles. The Morgan fingerprint density at radius 2 is 2.09 bits per heavy atom. The van der Waals surface area contributed by atoms with E-state index in [0.717, 1.165) is 0 Å². The fourth-order valence-electron chi connectivity index (χ4n) is 5.58. The number of aliphatic hydroxyl groups excluding tert-OH is 1. The number of anilines is 1.